The van der Waals surface area contributed by atoms with Gasteiger partial charge in [-0.1, -0.05) is 57.4 Å². The number of aryl methyl sites for hydroxylation is 1. The Balaban J connectivity index is 2.42. The van der Waals surface area contributed by atoms with Crippen LogP contribution in [-0.2, 0) is 14.3 Å². The first-order chi connectivity index (χ1) is 16.9. The van der Waals surface area contributed by atoms with E-state index in [2.05, 4.69) is 10.6 Å². The number of nitrogens with one attached hydrogen (secondary N) is 2. The van der Waals surface area contributed by atoms with Crippen LogP contribution in [0.5, 0.6) is 0 Å². The molecule has 1 aliphatic carbocycles. The molecule has 2 unspecified atom stereocenters. The van der Waals surface area contributed by atoms with Crippen molar-refractivity contribution in [3.05, 3.63) is 35.4 Å². The summed E-state index contributed by atoms with van der Waals surface area (Å²) in [4.78, 5) is 41.7. The van der Waals surface area contributed by atoms with Crippen LogP contribution >= 0.6 is 0 Å². The van der Waals surface area contributed by atoms with Gasteiger partial charge in [0.25, 0.3) is 0 Å². The molecule has 36 heavy (non-hydrogen) atoms. The number of amides is 3. The van der Waals surface area contributed by atoms with Gasteiger partial charge in [-0.25, -0.2) is 4.79 Å². The monoisotopic (exact) mass is 503 g/mol. The van der Waals surface area contributed by atoms with Crippen molar-refractivity contribution in [2.24, 2.45) is 5.92 Å². The molecule has 0 bridgehead atoms. The number of benzene rings is 1. The van der Waals surface area contributed by atoms with Crippen molar-refractivity contribution in [3.63, 3.8) is 0 Å². The number of nitrogens with zero attached hydrogens (tertiary/aromatic N) is 1. The lowest BCUT2D eigenvalue weighted by Crippen LogP contribution is -2.55. The number of carbonyl (C=O) groups excluding carboxylic acids is 3. The van der Waals surface area contributed by atoms with Crippen LogP contribution in [0.4, 0.5) is 4.79 Å². The van der Waals surface area contributed by atoms with E-state index in [9.17, 15) is 19.5 Å². The van der Waals surface area contributed by atoms with Gasteiger partial charge in [0.1, 0.15) is 17.7 Å². The van der Waals surface area contributed by atoms with Gasteiger partial charge >= 0.3 is 6.09 Å². The lowest BCUT2D eigenvalue weighted by Gasteiger charge is -2.36. The van der Waals surface area contributed by atoms with E-state index >= 15 is 0 Å². The van der Waals surface area contributed by atoms with E-state index < -0.39 is 29.7 Å². The van der Waals surface area contributed by atoms with Crippen LogP contribution in [0.3, 0.4) is 0 Å². The van der Waals surface area contributed by atoms with Crippen molar-refractivity contribution in [2.45, 2.75) is 104 Å². The molecule has 3 N–H and O–H groups in total. The third-order valence-corrected chi connectivity index (χ3v) is 6.31. The summed E-state index contributed by atoms with van der Waals surface area (Å²) < 4.78 is 5.40. The Hall–Kier alpha value is -2.61. The first-order valence-electron chi connectivity index (χ1n) is 13.2. The molecule has 1 aliphatic rings. The topological polar surface area (TPSA) is 108 Å². The predicted octanol–water partition coefficient (Wildman–Crippen LogP) is 4.25. The zero-order valence-electron chi connectivity index (χ0n) is 22.8. The first kappa shape index (κ1) is 29.6. The molecule has 202 valence electrons. The highest BCUT2D eigenvalue weighted by molar-refractivity contribution is 5.92. The Morgan fingerprint density at radius 2 is 1.75 bits per heavy atom. The van der Waals surface area contributed by atoms with Crippen LogP contribution in [0.2, 0.25) is 0 Å². The molecule has 0 aliphatic heterocycles. The quantitative estimate of drug-likeness (QED) is 0.443. The Morgan fingerprint density at radius 1 is 1.11 bits per heavy atom. The van der Waals surface area contributed by atoms with E-state index in [4.69, 9.17) is 4.74 Å². The smallest absolute Gasteiger partial charge is 0.408 e. The molecule has 0 heterocycles. The molecular formula is C28H45N3O5. The number of hydrogen-bond acceptors (Lipinski definition) is 5. The molecule has 3 amide bonds. The van der Waals surface area contributed by atoms with Crippen molar-refractivity contribution >= 4 is 17.9 Å². The summed E-state index contributed by atoms with van der Waals surface area (Å²) in [6, 6.07) is 5.71. The largest absolute Gasteiger partial charge is 0.444 e. The average Bonchev–Trinajstić information content (AvgIpc) is 2.78. The molecular weight excluding hydrogens is 458 g/mol. The second-order valence-corrected chi connectivity index (χ2v) is 11.2. The second-order valence-electron chi connectivity index (χ2n) is 11.2. The first-order valence-corrected chi connectivity index (χ1v) is 13.2. The minimum absolute atomic E-state index is 0.0412. The van der Waals surface area contributed by atoms with Crippen molar-refractivity contribution < 1.29 is 24.2 Å². The van der Waals surface area contributed by atoms with E-state index in [1.165, 1.54) is 4.90 Å². The van der Waals surface area contributed by atoms with Gasteiger partial charge in [0.2, 0.25) is 11.8 Å². The Labute approximate surface area is 216 Å². The molecule has 1 aromatic rings. The predicted molar refractivity (Wildman–Crippen MR) is 140 cm³/mol. The van der Waals surface area contributed by atoms with Crippen LogP contribution in [0.15, 0.2) is 24.3 Å². The highest BCUT2D eigenvalue weighted by Gasteiger charge is 2.37. The van der Waals surface area contributed by atoms with Gasteiger partial charge in [-0.2, -0.15) is 0 Å². The summed E-state index contributed by atoms with van der Waals surface area (Å²) in [5.74, 6) is -0.591. The maximum absolute atomic E-state index is 14.0. The molecule has 2 atom stereocenters. The SMILES string of the molecule is Cc1ccccc1C(C(=O)NC1CCCCC1)N(CCO)C(=O)C(CC(C)C)NC(=O)OC(C)(C)C. The average molecular weight is 504 g/mol. The van der Waals surface area contributed by atoms with Gasteiger partial charge < -0.3 is 25.4 Å². The highest BCUT2D eigenvalue weighted by atomic mass is 16.6. The second kappa shape index (κ2) is 13.6. The normalized spacial score (nSPS) is 16.2. The third-order valence-electron chi connectivity index (χ3n) is 6.31. The fourth-order valence-corrected chi connectivity index (χ4v) is 4.69. The van der Waals surface area contributed by atoms with Gasteiger partial charge in [-0.15, -0.1) is 0 Å². The van der Waals surface area contributed by atoms with E-state index in [-0.39, 0.29) is 31.0 Å². The van der Waals surface area contributed by atoms with E-state index in [1.807, 2.05) is 45.0 Å². The maximum atomic E-state index is 14.0. The summed E-state index contributed by atoms with van der Waals surface area (Å²) >= 11 is 0. The number of hydrogen-bond donors (Lipinski definition) is 3. The molecule has 1 aromatic carbocycles. The lowest BCUT2D eigenvalue weighted by molar-refractivity contribution is -0.143. The summed E-state index contributed by atoms with van der Waals surface area (Å²) in [7, 11) is 0. The van der Waals surface area contributed by atoms with Crippen molar-refractivity contribution in [2.75, 3.05) is 13.2 Å². The summed E-state index contributed by atoms with van der Waals surface area (Å²) in [6.45, 7) is 10.7. The number of aliphatic hydroxyl groups is 1. The highest BCUT2D eigenvalue weighted by Crippen LogP contribution is 2.27. The molecule has 8 heteroatoms. The van der Waals surface area contributed by atoms with Crippen molar-refractivity contribution in [1.29, 1.82) is 0 Å². The molecule has 0 spiro atoms. The molecule has 0 radical (unpaired) electrons. The van der Waals surface area contributed by atoms with Crippen LogP contribution in [0, 0.1) is 12.8 Å². The van der Waals surface area contributed by atoms with Gasteiger partial charge in [-0.05, 0) is 64.0 Å². The number of ether oxygens (including phenoxy) is 1. The van der Waals surface area contributed by atoms with Crippen LogP contribution < -0.4 is 10.6 Å². The molecule has 0 saturated heterocycles. The van der Waals surface area contributed by atoms with Crippen LogP contribution in [0.25, 0.3) is 0 Å². The fourth-order valence-electron chi connectivity index (χ4n) is 4.69. The van der Waals surface area contributed by atoms with Crippen molar-refractivity contribution in [1.82, 2.24) is 15.5 Å². The molecule has 8 nitrogen and oxygen atoms in total. The Morgan fingerprint density at radius 3 is 2.31 bits per heavy atom. The number of alkyl carbamates (subject to hydrolysis) is 1. The van der Waals surface area contributed by atoms with Crippen LogP contribution in [-0.4, -0.2) is 58.8 Å². The van der Waals surface area contributed by atoms with Gasteiger partial charge in [0.15, 0.2) is 0 Å². The van der Waals surface area contributed by atoms with Crippen molar-refractivity contribution in [3.8, 4) is 0 Å². The summed E-state index contributed by atoms with van der Waals surface area (Å²) in [6.07, 6.45) is 4.79. The van der Waals surface area contributed by atoms with E-state index in [0.29, 0.717) is 12.0 Å². The fraction of sp³-hybridized carbons (Fsp3) is 0.679. The summed E-state index contributed by atoms with van der Waals surface area (Å²) in [5, 5.41) is 15.8. The zero-order valence-corrected chi connectivity index (χ0v) is 22.8. The minimum Gasteiger partial charge on any atom is -0.444 e. The van der Waals surface area contributed by atoms with Gasteiger partial charge in [0.05, 0.1) is 6.61 Å². The maximum Gasteiger partial charge on any atom is 0.408 e. The minimum atomic E-state index is -0.928. The molecule has 1 fully saturated rings. The van der Waals surface area contributed by atoms with E-state index in [0.717, 1.165) is 37.7 Å². The summed E-state index contributed by atoms with van der Waals surface area (Å²) in [5.41, 5.74) is 0.856. The standard InChI is InChI=1S/C28H45N3O5/c1-19(2)18-23(30-27(35)36-28(4,5)6)26(34)31(16-17-32)24(22-15-11-10-12-20(22)3)25(33)29-21-13-8-7-9-14-21/h10-12,15,19,21,23-24,32H,7-9,13-14,16-18H2,1-6H3,(H,29,33)(H,30,35). The molecule has 1 saturated carbocycles. The molecule has 2 rings (SSSR count). The lowest BCUT2D eigenvalue weighted by atomic mass is 9.93. The van der Waals surface area contributed by atoms with Crippen LogP contribution in [0.1, 0.15) is 90.3 Å². The number of aliphatic hydroxyl groups excluding tert-OH is 1. The Kier molecular flexibility index (Phi) is 11.2. The Bertz CT molecular complexity index is 874. The third kappa shape index (κ3) is 9.12. The van der Waals surface area contributed by atoms with Gasteiger partial charge in [-0.3, -0.25) is 9.59 Å². The van der Waals surface area contributed by atoms with E-state index in [1.54, 1.807) is 20.8 Å². The van der Waals surface area contributed by atoms with Gasteiger partial charge in [0, 0.05) is 12.6 Å². The zero-order chi connectivity index (χ0) is 26.9. The number of carbonyl (C=O) groups is 3. The molecule has 0 aromatic heterocycles. The number of rotatable bonds is 10.